The summed E-state index contributed by atoms with van der Waals surface area (Å²) in [6.45, 7) is 4.81. The van der Waals surface area contributed by atoms with E-state index in [0.717, 1.165) is 0 Å². The van der Waals surface area contributed by atoms with Crippen molar-refractivity contribution in [1.29, 1.82) is 0 Å². The second-order valence-corrected chi connectivity index (χ2v) is 5.27. The van der Waals surface area contributed by atoms with Crippen molar-refractivity contribution in [3.05, 3.63) is 51.1 Å². The predicted octanol–water partition coefficient (Wildman–Crippen LogP) is 2.39. The molecule has 0 bridgehead atoms. The molecule has 7 nitrogen and oxygen atoms in total. The van der Waals surface area contributed by atoms with Gasteiger partial charge in [0.2, 0.25) is 0 Å². The fourth-order valence-electron chi connectivity index (χ4n) is 1.88. The van der Waals surface area contributed by atoms with E-state index in [4.69, 9.17) is 11.6 Å². The molecule has 0 atom stereocenters. The normalized spacial score (nSPS) is 11.0. The smallest absolute Gasteiger partial charge is 0.275 e. The Morgan fingerprint density at radius 3 is 2.90 bits per heavy atom. The molecule has 2 aromatic rings. The highest BCUT2D eigenvalue weighted by Crippen LogP contribution is 2.27. The summed E-state index contributed by atoms with van der Waals surface area (Å²) >= 11 is 6.09. The van der Waals surface area contributed by atoms with Crippen LogP contribution in [0, 0.1) is 10.1 Å². The molecule has 1 heterocycles. The van der Waals surface area contributed by atoms with E-state index >= 15 is 0 Å². The van der Waals surface area contributed by atoms with Gasteiger partial charge in [0.05, 0.1) is 28.6 Å². The minimum atomic E-state index is -0.440. The van der Waals surface area contributed by atoms with Crippen LogP contribution < -0.4 is 5.32 Å². The van der Waals surface area contributed by atoms with Crippen LogP contribution in [-0.4, -0.2) is 25.7 Å². The van der Waals surface area contributed by atoms with Gasteiger partial charge in [-0.25, -0.2) is 9.67 Å². The number of hydrogen-bond donors (Lipinski definition) is 1. The van der Waals surface area contributed by atoms with E-state index in [0.29, 0.717) is 29.0 Å². The highest BCUT2D eigenvalue weighted by Gasteiger charge is 2.18. The number of nitrogens with one attached hydrogen (secondary N) is 1. The Bertz CT molecular complexity index is 641. The number of aromatic nitrogens is 3. The van der Waals surface area contributed by atoms with Crippen LogP contribution in [0.5, 0.6) is 0 Å². The number of nitrogens with zero attached hydrogens (tertiary/aromatic N) is 4. The molecule has 0 saturated carbocycles. The van der Waals surface area contributed by atoms with Crippen LogP contribution in [0.15, 0.2) is 24.5 Å². The first-order valence-corrected chi connectivity index (χ1v) is 6.88. The fraction of sp³-hybridized carbons (Fsp3) is 0.385. The summed E-state index contributed by atoms with van der Waals surface area (Å²) in [7, 11) is 0. The molecule has 0 fully saturated rings. The van der Waals surface area contributed by atoms with Gasteiger partial charge >= 0.3 is 0 Å². The van der Waals surface area contributed by atoms with Gasteiger partial charge in [-0.1, -0.05) is 31.5 Å². The number of halogens is 1. The number of nitro benzene ring substituents is 1. The summed E-state index contributed by atoms with van der Waals surface area (Å²) in [6.07, 6.45) is 1.43. The zero-order valence-electron chi connectivity index (χ0n) is 11.8. The third-order valence-corrected chi connectivity index (χ3v) is 3.32. The Balaban J connectivity index is 2.27. The molecule has 2 rings (SSSR count). The van der Waals surface area contributed by atoms with Gasteiger partial charge < -0.3 is 5.32 Å². The van der Waals surface area contributed by atoms with Gasteiger partial charge in [-0.2, -0.15) is 5.10 Å². The van der Waals surface area contributed by atoms with E-state index in [1.54, 1.807) is 16.8 Å². The van der Waals surface area contributed by atoms with Crippen molar-refractivity contribution in [3.63, 3.8) is 0 Å². The number of nitro groups is 1. The molecule has 112 valence electrons. The summed E-state index contributed by atoms with van der Waals surface area (Å²) in [6, 6.07) is 4.94. The van der Waals surface area contributed by atoms with E-state index in [1.807, 2.05) is 13.8 Å². The third-order valence-electron chi connectivity index (χ3n) is 2.96. The van der Waals surface area contributed by atoms with Gasteiger partial charge in [-0.05, 0) is 6.07 Å². The van der Waals surface area contributed by atoms with E-state index in [1.165, 1.54) is 12.4 Å². The maximum atomic E-state index is 11.1. The van der Waals surface area contributed by atoms with E-state index in [2.05, 4.69) is 15.4 Å². The fourth-order valence-corrected chi connectivity index (χ4v) is 2.11. The second kappa shape index (κ2) is 6.64. The zero-order chi connectivity index (χ0) is 15.4. The lowest BCUT2D eigenvalue weighted by Gasteiger charge is -2.10. The van der Waals surface area contributed by atoms with Crippen LogP contribution in [0.25, 0.3) is 0 Å². The van der Waals surface area contributed by atoms with Crippen LogP contribution in [0.4, 0.5) is 5.69 Å². The minimum absolute atomic E-state index is 0.0132. The largest absolute Gasteiger partial charge is 0.308 e. The number of benzene rings is 1. The second-order valence-electron chi connectivity index (χ2n) is 4.86. The maximum Gasteiger partial charge on any atom is 0.275 e. The Morgan fingerprint density at radius 1 is 1.48 bits per heavy atom. The molecular weight excluding hydrogens is 294 g/mol. The highest BCUT2D eigenvalue weighted by molar-refractivity contribution is 6.31. The minimum Gasteiger partial charge on any atom is -0.308 e. The predicted molar refractivity (Wildman–Crippen MR) is 79.2 cm³/mol. The van der Waals surface area contributed by atoms with Crippen molar-refractivity contribution in [1.82, 2.24) is 20.1 Å². The number of hydrogen-bond acceptors (Lipinski definition) is 5. The van der Waals surface area contributed by atoms with Crippen LogP contribution in [0.3, 0.4) is 0 Å². The first-order chi connectivity index (χ1) is 9.99. The summed E-state index contributed by atoms with van der Waals surface area (Å²) < 4.78 is 1.61. The van der Waals surface area contributed by atoms with Crippen LogP contribution in [-0.2, 0) is 13.1 Å². The summed E-state index contributed by atoms with van der Waals surface area (Å²) in [4.78, 5) is 14.8. The van der Waals surface area contributed by atoms with Gasteiger partial charge in [0, 0.05) is 12.1 Å². The molecule has 0 aliphatic rings. The highest BCUT2D eigenvalue weighted by atomic mass is 35.5. The maximum absolute atomic E-state index is 11.1. The molecule has 0 radical (unpaired) electrons. The first kappa shape index (κ1) is 15.4. The summed E-state index contributed by atoms with van der Waals surface area (Å²) in [5.74, 6) is 0.706. The molecule has 1 aromatic heterocycles. The lowest BCUT2D eigenvalue weighted by molar-refractivity contribution is -0.385. The van der Waals surface area contributed by atoms with Gasteiger partial charge in [0.15, 0.2) is 0 Å². The SMILES string of the molecule is CC(C)NCc1ncnn1Cc1c(Cl)cccc1[N+](=O)[O-]. The Kier molecular flexibility index (Phi) is 4.87. The molecule has 0 saturated heterocycles. The van der Waals surface area contributed by atoms with Crippen LogP contribution in [0.2, 0.25) is 5.02 Å². The molecule has 0 aliphatic heterocycles. The van der Waals surface area contributed by atoms with Crippen molar-refractivity contribution in [2.75, 3.05) is 0 Å². The standard InChI is InChI=1S/C13H16ClN5O2/c1-9(2)15-6-13-16-8-17-18(13)7-10-11(14)4-3-5-12(10)19(20)21/h3-5,8-9,15H,6-7H2,1-2H3. The number of rotatable bonds is 6. The van der Waals surface area contributed by atoms with E-state index < -0.39 is 4.92 Å². The Labute approximate surface area is 127 Å². The Hall–Kier alpha value is -1.99. The van der Waals surface area contributed by atoms with Gasteiger partial charge in [0.25, 0.3) is 5.69 Å². The van der Waals surface area contributed by atoms with E-state index in [9.17, 15) is 10.1 Å². The molecule has 21 heavy (non-hydrogen) atoms. The van der Waals surface area contributed by atoms with Gasteiger partial charge in [-0.15, -0.1) is 0 Å². The molecular formula is C13H16ClN5O2. The quantitative estimate of drug-likeness (QED) is 0.654. The summed E-state index contributed by atoms with van der Waals surface area (Å²) in [5.41, 5.74) is 0.418. The van der Waals surface area contributed by atoms with Crippen LogP contribution in [0.1, 0.15) is 25.2 Å². The monoisotopic (exact) mass is 309 g/mol. The molecule has 1 aromatic carbocycles. The van der Waals surface area contributed by atoms with Crippen molar-refractivity contribution >= 4 is 17.3 Å². The van der Waals surface area contributed by atoms with Crippen molar-refractivity contribution in [2.24, 2.45) is 0 Å². The van der Waals surface area contributed by atoms with Crippen molar-refractivity contribution < 1.29 is 4.92 Å². The topological polar surface area (TPSA) is 85.9 Å². The lowest BCUT2D eigenvalue weighted by atomic mass is 10.2. The zero-order valence-corrected chi connectivity index (χ0v) is 12.5. The molecule has 0 spiro atoms. The molecule has 0 aliphatic carbocycles. The molecule has 1 N–H and O–H groups in total. The first-order valence-electron chi connectivity index (χ1n) is 6.51. The summed E-state index contributed by atoms with van der Waals surface area (Å²) in [5, 5.41) is 18.8. The average molecular weight is 310 g/mol. The molecule has 0 unspecified atom stereocenters. The average Bonchev–Trinajstić information content (AvgIpc) is 2.85. The molecule has 8 heteroatoms. The van der Waals surface area contributed by atoms with Gasteiger partial charge in [-0.3, -0.25) is 10.1 Å². The van der Waals surface area contributed by atoms with Crippen molar-refractivity contribution in [2.45, 2.75) is 33.0 Å². The lowest BCUT2D eigenvalue weighted by Crippen LogP contribution is -2.24. The third kappa shape index (κ3) is 3.77. The van der Waals surface area contributed by atoms with Crippen LogP contribution >= 0.6 is 11.6 Å². The Morgan fingerprint density at radius 2 is 2.24 bits per heavy atom. The van der Waals surface area contributed by atoms with Crippen molar-refractivity contribution in [3.8, 4) is 0 Å². The van der Waals surface area contributed by atoms with Gasteiger partial charge in [0.1, 0.15) is 12.2 Å². The van der Waals surface area contributed by atoms with E-state index in [-0.39, 0.29) is 12.2 Å². The molecule has 0 amide bonds.